The standard InChI is InChI=1S/C17H14N4O6/c1-2-9-20-21-15(27-9)8-5-3-7(4-6-8)10-11(16(23)24)13(18)19-14(22)12(10)17(25)26/h3-6H,2H2,1H3,(H,23,24)(H,25,26)(H3,18,19,22). The topological polar surface area (TPSA) is 172 Å². The minimum Gasteiger partial charge on any atom is -0.478 e. The van der Waals surface area contributed by atoms with Gasteiger partial charge in [0, 0.05) is 17.5 Å². The number of anilines is 1. The van der Waals surface area contributed by atoms with Crippen LogP contribution in [0.2, 0.25) is 0 Å². The Bertz CT molecular complexity index is 1100. The van der Waals surface area contributed by atoms with Crippen LogP contribution in [0.25, 0.3) is 22.6 Å². The molecule has 0 radical (unpaired) electrons. The van der Waals surface area contributed by atoms with Crippen molar-refractivity contribution in [3.8, 4) is 22.6 Å². The number of hydrogen-bond donors (Lipinski definition) is 4. The maximum Gasteiger partial charge on any atom is 0.342 e. The van der Waals surface area contributed by atoms with Crippen LogP contribution in [-0.2, 0) is 6.42 Å². The van der Waals surface area contributed by atoms with Gasteiger partial charge in [-0.1, -0.05) is 19.1 Å². The van der Waals surface area contributed by atoms with Crippen molar-refractivity contribution in [3.63, 3.8) is 0 Å². The highest BCUT2D eigenvalue weighted by Gasteiger charge is 2.26. The van der Waals surface area contributed by atoms with Gasteiger partial charge in [0.15, 0.2) is 0 Å². The third-order valence-corrected chi connectivity index (χ3v) is 3.86. The number of aromatic nitrogens is 3. The van der Waals surface area contributed by atoms with Gasteiger partial charge >= 0.3 is 11.9 Å². The Morgan fingerprint density at radius 1 is 1.07 bits per heavy atom. The lowest BCUT2D eigenvalue weighted by molar-refractivity contribution is 0.0695. The van der Waals surface area contributed by atoms with Gasteiger partial charge in [0.05, 0.1) is 0 Å². The second kappa shape index (κ2) is 6.75. The van der Waals surface area contributed by atoms with Crippen molar-refractivity contribution in [1.29, 1.82) is 0 Å². The first-order chi connectivity index (χ1) is 12.8. The van der Waals surface area contributed by atoms with Gasteiger partial charge in [-0.2, -0.15) is 0 Å². The molecule has 0 saturated carbocycles. The summed E-state index contributed by atoms with van der Waals surface area (Å²) < 4.78 is 5.44. The van der Waals surface area contributed by atoms with Crippen LogP contribution in [-0.4, -0.2) is 37.3 Å². The first kappa shape index (κ1) is 17.9. The Morgan fingerprint density at radius 3 is 2.19 bits per heavy atom. The van der Waals surface area contributed by atoms with E-state index in [0.717, 1.165) is 0 Å². The molecule has 10 heteroatoms. The molecule has 3 aromatic rings. The highest BCUT2D eigenvalue weighted by atomic mass is 16.4. The molecule has 0 atom stereocenters. The summed E-state index contributed by atoms with van der Waals surface area (Å²) in [5, 5.41) is 26.6. The Hall–Kier alpha value is -3.95. The number of rotatable bonds is 5. The van der Waals surface area contributed by atoms with Crippen molar-refractivity contribution < 1.29 is 24.2 Å². The fourth-order valence-corrected chi connectivity index (χ4v) is 2.63. The molecule has 3 rings (SSSR count). The summed E-state index contributed by atoms with van der Waals surface area (Å²) in [4.78, 5) is 37.2. The van der Waals surface area contributed by atoms with E-state index in [9.17, 15) is 24.6 Å². The summed E-state index contributed by atoms with van der Waals surface area (Å²) in [5.74, 6) is -2.74. The average Bonchev–Trinajstić information content (AvgIpc) is 3.09. The van der Waals surface area contributed by atoms with Crippen LogP contribution in [0.3, 0.4) is 0 Å². The number of hydrogen-bond acceptors (Lipinski definition) is 7. The van der Waals surface area contributed by atoms with Gasteiger partial charge in [-0.25, -0.2) is 9.59 Å². The fraction of sp³-hybridized carbons (Fsp3) is 0.118. The number of nitrogens with one attached hydrogen (secondary N) is 1. The number of pyridine rings is 1. The van der Waals surface area contributed by atoms with Crippen LogP contribution < -0.4 is 11.3 Å². The first-order valence-electron chi connectivity index (χ1n) is 7.79. The van der Waals surface area contributed by atoms with Crippen LogP contribution in [0.5, 0.6) is 0 Å². The minimum atomic E-state index is -1.57. The van der Waals surface area contributed by atoms with E-state index in [2.05, 4.69) is 15.2 Å². The largest absolute Gasteiger partial charge is 0.478 e. The summed E-state index contributed by atoms with van der Waals surface area (Å²) in [6, 6.07) is 6.02. The van der Waals surface area contributed by atoms with Crippen LogP contribution in [0.15, 0.2) is 33.5 Å². The zero-order valence-corrected chi connectivity index (χ0v) is 14.0. The Labute approximate surface area is 151 Å². The lowest BCUT2D eigenvalue weighted by Gasteiger charge is -2.12. The van der Waals surface area contributed by atoms with Crippen molar-refractivity contribution in [2.24, 2.45) is 0 Å². The predicted molar refractivity (Wildman–Crippen MR) is 93.5 cm³/mol. The van der Waals surface area contributed by atoms with Gasteiger partial charge in [-0.3, -0.25) is 4.79 Å². The molecule has 5 N–H and O–H groups in total. The number of nitrogens with two attached hydrogens (primary N) is 1. The Balaban J connectivity index is 2.19. The predicted octanol–water partition coefficient (Wildman–Crippen LogP) is 1.63. The number of carbonyl (C=O) groups is 2. The summed E-state index contributed by atoms with van der Waals surface area (Å²) >= 11 is 0. The number of nitrogen functional groups attached to an aromatic ring is 1. The maximum atomic E-state index is 12.0. The third-order valence-electron chi connectivity index (χ3n) is 3.86. The molecule has 10 nitrogen and oxygen atoms in total. The van der Waals surface area contributed by atoms with Crippen LogP contribution in [0.1, 0.15) is 33.5 Å². The van der Waals surface area contributed by atoms with Gasteiger partial charge in [-0.05, 0) is 17.7 Å². The number of aromatic amines is 1. The first-order valence-corrected chi connectivity index (χ1v) is 7.79. The third kappa shape index (κ3) is 3.15. The number of aryl methyl sites for hydroxylation is 1. The van der Waals surface area contributed by atoms with Crippen LogP contribution in [0, 0.1) is 0 Å². The minimum absolute atomic E-state index is 0.196. The van der Waals surface area contributed by atoms with Gasteiger partial charge in [0.25, 0.3) is 5.56 Å². The lowest BCUT2D eigenvalue weighted by atomic mass is 9.95. The van der Waals surface area contributed by atoms with E-state index in [1.54, 1.807) is 12.1 Å². The summed E-state index contributed by atoms with van der Waals surface area (Å²) in [6.45, 7) is 1.86. The number of carboxylic acids is 2. The van der Waals surface area contributed by atoms with E-state index in [0.29, 0.717) is 17.9 Å². The van der Waals surface area contributed by atoms with Gasteiger partial charge < -0.3 is 25.3 Å². The molecule has 2 aromatic heterocycles. The van der Waals surface area contributed by atoms with Crippen molar-refractivity contribution in [1.82, 2.24) is 15.2 Å². The number of H-pyrrole nitrogens is 1. The maximum absolute atomic E-state index is 12.0. The number of carboxylic acid groups (broad SMARTS) is 2. The number of benzene rings is 1. The molecule has 0 unspecified atom stereocenters. The van der Waals surface area contributed by atoms with E-state index in [1.807, 2.05) is 6.92 Å². The molecule has 0 spiro atoms. The molecule has 0 aliphatic carbocycles. The lowest BCUT2D eigenvalue weighted by Crippen LogP contribution is -2.24. The van der Waals surface area contributed by atoms with Crippen molar-refractivity contribution in [2.75, 3.05) is 5.73 Å². The van der Waals surface area contributed by atoms with Gasteiger partial charge in [-0.15, -0.1) is 10.2 Å². The molecule has 2 heterocycles. The second-order valence-electron chi connectivity index (χ2n) is 5.53. The van der Waals surface area contributed by atoms with E-state index in [1.165, 1.54) is 12.1 Å². The average molecular weight is 370 g/mol. The number of nitrogens with zero attached hydrogens (tertiary/aromatic N) is 2. The zero-order valence-electron chi connectivity index (χ0n) is 14.0. The molecular formula is C17H14N4O6. The zero-order chi connectivity index (χ0) is 19.7. The molecular weight excluding hydrogens is 356 g/mol. The van der Waals surface area contributed by atoms with Crippen LogP contribution >= 0.6 is 0 Å². The Kier molecular flexibility index (Phi) is 4.46. The van der Waals surface area contributed by atoms with Crippen LogP contribution in [0.4, 0.5) is 5.82 Å². The van der Waals surface area contributed by atoms with Gasteiger partial charge in [0.2, 0.25) is 11.8 Å². The highest BCUT2D eigenvalue weighted by Crippen LogP contribution is 2.30. The van der Waals surface area contributed by atoms with E-state index >= 15 is 0 Å². The Morgan fingerprint density at radius 2 is 1.67 bits per heavy atom. The van der Waals surface area contributed by atoms with Crippen molar-refractivity contribution in [3.05, 3.63) is 51.6 Å². The fourth-order valence-electron chi connectivity index (χ4n) is 2.63. The van der Waals surface area contributed by atoms with Crippen molar-refractivity contribution >= 4 is 17.8 Å². The molecule has 138 valence electrons. The molecule has 0 amide bonds. The molecule has 0 fully saturated rings. The molecule has 27 heavy (non-hydrogen) atoms. The van der Waals surface area contributed by atoms with E-state index < -0.39 is 34.4 Å². The molecule has 0 aliphatic rings. The second-order valence-corrected chi connectivity index (χ2v) is 5.53. The summed E-state index contributed by atoms with van der Waals surface area (Å²) in [5.41, 5.74) is 3.89. The summed E-state index contributed by atoms with van der Waals surface area (Å²) in [7, 11) is 0. The SMILES string of the molecule is CCc1nnc(-c2ccc(-c3c(C(=O)O)c(N)[nH]c(=O)c3C(=O)O)cc2)o1. The smallest absolute Gasteiger partial charge is 0.342 e. The quantitative estimate of drug-likeness (QED) is 0.520. The number of aromatic carboxylic acids is 2. The van der Waals surface area contributed by atoms with Gasteiger partial charge in [0.1, 0.15) is 16.9 Å². The van der Waals surface area contributed by atoms with Crippen molar-refractivity contribution in [2.45, 2.75) is 13.3 Å². The molecule has 0 aliphatic heterocycles. The normalized spacial score (nSPS) is 10.7. The monoisotopic (exact) mass is 370 g/mol. The molecule has 1 aromatic carbocycles. The highest BCUT2D eigenvalue weighted by molar-refractivity contribution is 6.07. The summed E-state index contributed by atoms with van der Waals surface area (Å²) in [6.07, 6.45) is 0.571. The van der Waals surface area contributed by atoms with E-state index in [-0.39, 0.29) is 17.0 Å². The molecule has 0 bridgehead atoms. The van der Waals surface area contributed by atoms with E-state index in [4.69, 9.17) is 10.2 Å². The molecule has 0 saturated heterocycles.